The van der Waals surface area contributed by atoms with Gasteiger partial charge in [0, 0.05) is 5.56 Å². The van der Waals surface area contributed by atoms with Gasteiger partial charge in [-0.25, -0.2) is 0 Å². The van der Waals surface area contributed by atoms with E-state index in [0.717, 1.165) is 43.3 Å². The second-order valence-electron chi connectivity index (χ2n) is 4.87. The lowest BCUT2D eigenvalue weighted by molar-refractivity contribution is 0.112. The molecule has 0 fully saturated rings. The van der Waals surface area contributed by atoms with Gasteiger partial charge in [-0.2, -0.15) is 0 Å². The molecular weight excluding hydrogens is 240 g/mol. The maximum atomic E-state index is 11.0. The summed E-state index contributed by atoms with van der Waals surface area (Å²) in [7, 11) is 1.61. The molecule has 3 heteroatoms. The van der Waals surface area contributed by atoms with Crippen molar-refractivity contribution in [2.45, 2.75) is 51.6 Å². The Morgan fingerprint density at radius 1 is 1.32 bits per heavy atom. The van der Waals surface area contributed by atoms with E-state index in [4.69, 9.17) is 4.74 Å². The van der Waals surface area contributed by atoms with Crippen LogP contribution in [-0.4, -0.2) is 24.6 Å². The molecule has 0 spiro atoms. The van der Waals surface area contributed by atoms with Crippen LogP contribution >= 0.6 is 0 Å². The van der Waals surface area contributed by atoms with Crippen molar-refractivity contribution in [1.82, 2.24) is 0 Å². The van der Waals surface area contributed by atoms with E-state index < -0.39 is 0 Å². The van der Waals surface area contributed by atoms with Gasteiger partial charge in [-0.15, -0.1) is 0 Å². The van der Waals surface area contributed by atoms with Gasteiger partial charge in [-0.1, -0.05) is 26.2 Å². The summed E-state index contributed by atoms with van der Waals surface area (Å²) in [6.45, 7) is 2.15. The molecule has 0 bridgehead atoms. The number of aldehydes is 1. The topological polar surface area (TPSA) is 46.5 Å². The van der Waals surface area contributed by atoms with Crippen molar-refractivity contribution in [3.63, 3.8) is 0 Å². The normalized spacial score (nSPS) is 12.2. The summed E-state index contributed by atoms with van der Waals surface area (Å²) in [6, 6.07) is 5.43. The smallest absolute Gasteiger partial charge is 0.150 e. The Balaban J connectivity index is 2.53. The van der Waals surface area contributed by atoms with Crippen LogP contribution in [0.2, 0.25) is 0 Å². The molecule has 0 aliphatic rings. The average Bonchev–Trinajstić information content (AvgIpc) is 2.45. The molecule has 1 aromatic carbocycles. The SMILES string of the molecule is CCCCCC(O)CCc1cc(OC)ccc1C=O. The molecule has 1 unspecified atom stereocenters. The molecule has 3 nitrogen and oxygen atoms in total. The molecule has 0 saturated heterocycles. The summed E-state index contributed by atoms with van der Waals surface area (Å²) >= 11 is 0. The molecular formula is C16H24O3. The monoisotopic (exact) mass is 264 g/mol. The maximum absolute atomic E-state index is 11.0. The first-order chi connectivity index (χ1) is 9.21. The zero-order chi connectivity index (χ0) is 14.1. The first-order valence-corrected chi connectivity index (χ1v) is 7.01. The highest BCUT2D eigenvalue weighted by Crippen LogP contribution is 2.19. The van der Waals surface area contributed by atoms with Crippen molar-refractivity contribution < 1.29 is 14.6 Å². The standard InChI is InChI=1S/C16H24O3/c1-3-4-5-6-15(18)9-7-13-11-16(19-2)10-8-14(13)12-17/h8,10-12,15,18H,3-7,9H2,1-2H3. The Labute approximate surface area is 115 Å². The minimum atomic E-state index is -0.280. The number of aliphatic hydroxyl groups excluding tert-OH is 1. The molecule has 1 rings (SSSR count). The van der Waals surface area contributed by atoms with Crippen LogP contribution in [-0.2, 0) is 6.42 Å². The van der Waals surface area contributed by atoms with Gasteiger partial charge in [0.05, 0.1) is 13.2 Å². The predicted molar refractivity (Wildman–Crippen MR) is 76.9 cm³/mol. The molecule has 1 aromatic rings. The number of methoxy groups -OCH3 is 1. The number of carbonyl (C=O) groups excluding carboxylic acids is 1. The third kappa shape index (κ3) is 5.43. The number of aryl methyl sites for hydroxylation is 1. The number of benzene rings is 1. The average molecular weight is 264 g/mol. The largest absolute Gasteiger partial charge is 0.497 e. The fraction of sp³-hybridized carbons (Fsp3) is 0.562. The molecule has 0 aromatic heterocycles. The number of rotatable bonds is 9. The van der Waals surface area contributed by atoms with Gasteiger partial charge in [0.2, 0.25) is 0 Å². The number of carbonyl (C=O) groups is 1. The minimum Gasteiger partial charge on any atom is -0.497 e. The second-order valence-corrected chi connectivity index (χ2v) is 4.87. The van der Waals surface area contributed by atoms with E-state index in [-0.39, 0.29) is 6.10 Å². The number of unbranched alkanes of at least 4 members (excludes halogenated alkanes) is 2. The fourth-order valence-electron chi connectivity index (χ4n) is 2.14. The highest BCUT2D eigenvalue weighted by molar-refractivity contribution is 5.77. The minimum absolute atomic E-state index is 0.280. The van der Waals surface area contributed by atoms with Gasteiger partial charge >= 0.3 is 0 Å². The summed E-state index contributed by atoms with van der Waals surface area (Å²) in [5.74, 6) is 0.751. The third-order valence-electron chi connectivity index (χ3n) is 3.36. The highest BCUT2D eigenvalue weighted by Gasteiger charge is 2.08. The summed E-state index contributed by atoms with van der Waals surface area (Å²) in [5.41, 5.74) is 1.63. The summed E-state index contributed by atoms with van der Waals surface area (Å²) in [6.07, 6.45) is 6.21. The van der Waals surface area contributed by atoms with Gasteiger partial charge in [-0.3, -0.25) is 4.79 Å². The van der Waals surface area contributed by atoms with Gasteiger partial charge in [0.15, 0.2) is 0 Å². The molecule has 1 N–H and O–H groups in total. The van der Waals surface area contributed by atoms with Crippen LogP contribution < -0.4 is 4.74 Å². The molecule has 106 valence electrons. The van der Waals surface area contributed by atoms with Crippen LogP contribution in [0, 0.1) is 0 Å². The van der Waals surface area contributed by atoms with Crippen LogP contribution in [0.3, 0.4) is 0 Å². The first kappa shape index (κ1) is 15.7. The quantitative estimate of drug-likeness (QED) is 0.549. The third-order valence-corrected chi connectivity index (χ3v) is 3.36. The lowest BCUT2D eigenvalue weighted by Crippen LogP contribution is -2.08. The van der Waals surface area contributed by atoms with Crippen molar-refractivity contribution in [2.75, 3.05) is 7.11 Å². The van der Waals surface area contributed by atoms with Gasteiger partial charge in [0.1, 0.15) is 12.0 Å². The summed E-state index contributed by atoms with van der Waals surface area (Å²) in [4.78, 5) is 11.0. The Kier molecular flexibility index (Phi) is 7.19. The van der Waals surface area contributed by atoms with E-state index in [1.807, 2.05) is 6.07 Å². The van der Waals surface area contributed by atoms with Crippen molar-refractivity contribution in [3.05, 3.63) is 29.3 Å². The van der Waals surface area contributed by atoms with E-state index in [0.29, 0.717) is 18.4 Å². The summed E-state index contributed by atoms with van der Waals surface area (Å²) in [5, 5.41) is 9.91. The Hall–Kier alpha value is -1.35. The van der Waals surface area contributed by atoms with Crippen molar-refractivity contribution in [1.29, 1.82) is 0 Å². The molecule has 0 amide bonds. The number of hydrogen-bond acceptors (Lipinski definition) is 3. The maximum Gasteiger partial charge on any atom is 0.150 e. The predicted octanol–water partition coefficient (Wildman–Crippen LogP) is 3.38. The summed E-state index contributed by atoms with van der Waals surface area (Å²) < 4.78 is 5.16. The zero-order valence-corrected chi connectivity index (χ0v) is 11.9. The Morgan fingerprint density at radius 2 is 2.11 bits per heavy atom. The number of aliphatic hydroxyl groups is 1. The Morgan fingerprint density at radius 3 is 2.74 bits per heavy atom. The van der Waals surface area contributed by atoms with Crippen LogP contribution in [0.15, 0.2) is 18.2 Å². The molecule has 19 heavy (non-hydrogen) atoms. The molecule has 0 heterocycles. The van der Waals surface area contributed by atoms with Crippen LogP contribution in [0.4, 0.5) is 0 Å². The van der Waals surface area contributed by atoms with E-state index in [1.54, 1.807) is 19.2 Å². The van der Waals surface area contributed by atoms with E-state index >= 15 is 0 Å². The van der Waals surface area contributed by atoms with Crippen molar-refractivity contribution in [2.24, 2.45) is 0 Å². The molecule has 1 atom stereocenters. The van der Waals surface area contributed by atoms with E-state index in [1.165, 1.54) is 0 Å². The highest BCUT2D eigenvalue weighted by atomic mass is 16.5. The van der Waals surface area contributed by atoms with Crippen molar-refractivity contribution in [3.8, 4) is 5.75 Å². The first-order valence-electron chi connectivity index (χ1n) is 7.01. The fourth-order valence-corrected chi connectivity index (χ4v) is 2.14. The second kappa shape index (κ2) is 8.70. The van der Waals surface area contributed by atoms with E-state index in [9.17, 15) is 9.90 Å². The van der Waals surface area contributed by atoms with Gasteiger partial charge in [0.25, 0.3) is 0 Å². The van der Waals surface area contributed by atoms with Gasteiger partial charge < -0.3 is 9.84 Å². The van der Waals surface area contributed by atoms with Crippen LogP contribution in [0.5, 0.6) is 5.75 Å². The zero-order valence-electron chi connectivity index (χ0n) is 11.9. The molecule has 0 aliphatic heterocycles. The Bertz CT molecular complexity index is 388. The molecule has 0 radical (unpaired) electrons. The molecule has 0 aliphatic carbocycles. The lowest BCUT2D eigenvalue weighted by atomic mass is 9.99. The van der Waals surface area contributed by atoms with Crippen LogP contribution in [0.1, 0.15) is 54.9 Å². The number of ether oxygens (including phenoxy) is 1. The van der Waals surface area contributed by atoms with Gasteiger partial charge in [-0.05, 0) is 43.0 Å². The molecule has 0 saturated carbocycles. The van der Waals surface area contributed by atoms with Crippen molar-refractivity contribution >= 4 is 6.29 Å². The lowest BCUT2D eigenvalue weighted by Gasteiger charge is -2.12. The van der Waals surface area contributed by atoms with Crippen LogP contribution in [0.25, 0.3) is 0 Å². The number of hydrogen-bond donors (Lipinski definition) is 1. The van der Waals surface area contributed by atoms with E-state index in [2.05, 4.69) is 6.92 Å².